The summed E-state index contributed by atoms with van der Waals surface area (Å²) >= 11 is 2.58. The number of hydrogen-bond acceptors (Lipinski definition) is 7. The van der Waals surface area contributed by atoms with Crippen LogP contribution in [0, 0.1) is 12.7 Å². The van der Waals surface area contributed by atoms with Gasteiger partial charge in [0.25, 0.3) is 0 Å². The van der Waals surface area contributed by atoms with Crippen molar-refractivity contribution in [3.05, 3.63) is 51.7 Å². The second-order valence-corrected chi connectivity index (χ2v) is 7.78. The van der Waals surface area contributed by atoms with Gasteiger partial charge >= 0.3 is 0 Å². The van der Waals surface area contributed by atoms with Gasteiger partial charge in [0, 0.05) is 16.3 Å². The average molecular weight is 405 g/mol. The fraction of sp³-hybridized carbons (Fsp3) is 0.222. The minimum absolute atomic E-state index is 0.0590. The van der Waals surface area contributed by atoms with Crippen LogP contribution in [-0.2, 0) is 11.3 Å². The number of carbonyl (C=O) groups is 2. The van der Waals surface area contributed by atoms with Gasteiger partial charge in [0.05, 0.1) is 22.7 Å². The number of aliphatic hydroxyl groups excluding tert-OH is 1. The zero-order chi connectivity index (χ0) is 19.4. The molecule has 0 saturated heterocycles. The first-order valence-corrected chi connectivity index (χ1v) is 9.82. The number of halogens is 1. The molecule has 0 unspecified atom stereocenters. The first kappa shape index (κ1) is 19.4. The van der Waals surface area contributed by atoms with E-state index in [0.717, 1.165) is 4.88 Å². The van der Waals surface area contributed by atoms with Gasteiger partial charge in [-0.2, -0.15) is 0 Å². The lowest BCUT2D eigenvalue weighted by atomic mass is 10.2. The molecule has 140 valence electrons. The molecule has 0 radical (unpaired) electrons. The fourth-order valence-electron chi connectivity index (χ4n) is 2.36. The molecule has 0 bridgehead atoms. The summed E-state index contributed by atoms with van der Waals surface area (Å²) in [5.74, 6) is -0.190. The smallest absolute Gasteiger partial charge is 0.246 e. The van der Waals surface area contributed by atoms with E-state index in [2.05, 4.69) is 15.3 Å². The third-order valence-corrected chi connectivity index (χ3v) is 5.73. The summed E-state index contributed by atoms with van der Waals surface area (Å²) in [6, 6.07) is 7.80. The van der Waals surface area contributed by atoms with E-state index in [1.807, 2.05) is 0 Å². The molecular formula is C18H16FN3O3S2. The number of Topliss-reactive ketones (excluding diaryl/α,β-unsaturated/α-hetero) is 1. The Morgan fingerprint density at radius 1 is 1.26 bits per heavy atom. The van der Waals surface area contributed by atoms with Crippen molar-refractivity contribution in [2.24, 2.45) is 0 Å². The van der Waals surface area contributed by atoms with Crippen LogP contribution < -0.4 is 5.32 Å². The highest BCUT2D eigenvalue weighted by Crippen LogP contribution is 2.27. The number of rotatable bonds is 7. The summed E-state index contributed by atoms with van der Waals surface area (Å²) in [7, 11) is 0. The predicted molar refractivity (Wildman–Crippen MR) is 103 cm³/mol. The van der Waals surface area contributed by atoms with Crippen molar-refractivity contribution in [2.45, 2.75) is 18.5 Å². The van der Waals surface area contributed by atoms with Crippen LogP contribution in [-0.4, -0.2) is 39.1 Å². The molecule has 2 N–H and O–H groups in total. The number of aliphatic hydroxyl groups is 1. The number of carbonyl (C=O) groups excluding carboxylic acids is 2. The highest BCUT2D eigenvalue weighted by atomic mass is 32.2. The van der Waals surface area contributed by atoms with Gasteiger partial charge in [-0.05, 0) is 31.2 Å². The molecule has 6 nitrogen and oxygen atoms in total. The number of nitrogens with one attached hydrogen (secondary N) is 1. The summed E-state index contributed by atoms with van der Waals surface area (Å²) < 4.78 is 13.4. The molecule has 0 aliphatic carbocycles. The quantitative estimate of drug-likeness (QED) is 0.357. The van der Waals surface area contributed by atoms with Gasteiger partial charge in [0.2, 0.25) is 5.91 Å². The van der Waals surface area contributed by atoms with E-state index >= 15 is 0 Å². The van der Waals surface area contributed by atoms with E-state index in [9.17, 15) is 14.0 Å². The Kier molecular flexibility index (Phi) is 6.15. The van der Waals surface area contributed by atoms with Crippen molar-refractivity contribution >= 4 is 45.7 Å². The number of thioether (sulfide) groups is 1. The second kappa shape index (κ2) is 8.55. The normalized spacial score (nSPS) is 10.9. The molecule has 0 fully saturated rings. The third kappa shape index (κ3) is 4.88. The van der Waals surface area contributed by atoms with Gasteiger partial charge in [-0.3, -0.25) is 9.59 Å². The molecular weight excluding hydrogens is 389 g/mol. The largest absolute Gasteiger partial charge is 0.387 e. The summed E-state index contributed by atoms with van der Waals surface area (Å²) in [4.78, 5) is 33.5. The molecule has 0 saturated carbocycles. The maximum atomic E-state index is 13.4. The Balaban J connectivity index is 1.68. The van der Waals surface area contributed by atoms with Gasteiger partial charge in [0.1, 0.15) is 23.3 Å². The number of aromatic nitrogens is 2. The number of thiophene rings is 1. The average Bonchev–Trinajstić information content (AvgIpc) is 3.12. The van der Waals surface area contributed by atoms with Crippen LogP contribution >= 0.6 is 23.1 Å². The van der Waals surface area contributed by atoms with Crippen LogP contribution in [0.3, 0.4) is 0 Å². The highest BCUT2D eigenvalue weighted by molar-refractivity contribution is 8.00. The Bertz CT molecular complexity index is 1000. The molecule has 2 heterocycles. The molecule has 0 spiro atoms. The SMILES string of the molecule is Cc1nc(SCC(=O)c2ccc(CNC(=O)CO)s2)c2ccc(F)cc2n1. The summed E-state index contributed by atoms with van der Waals surface area (Å²) in [6.45, 7) is 1.43. The monoisotopic (exact) mass is 405 g/mol. The topological polar surface area (TPSA) is 92.2 Å². The van der Waals surface area contributed by atoms with E-state index in [0.29, 0.717) is 26.6 Å². The Labute approximate surface area is 162 Å². The number of amides is 1. The number of ketones is 1. The fourth-order valence-corrected chi connectivity index (χ4v) is 4.29. The lowest BCUT2D eigenvalue weighted by Gasteiger charge is -2.06. The zero-order valence-corrected chi connectivity index (χ0v) is 16.0. The number of nitrogens with zero attached hydrogens (tertiary/aromatic N) is 2. The maximum Gasteiger partial charge on any atom is 0.246 e. The van der Waals surface area contributed by atoms with Crippen molar-refractivity contribution < 1.29 is 19.1 Å². The lowest BCUT2D eigenvalue weighted by molar-refractivity contribution is -0.123. The Hall–Kier alpha value is -2.36. The third-order valence-electron chi connectivity index (χ3n) is 3.62. The van der Waals surface area contributed by atoms with Crippen LogP contribution in [0.1, 0.15) is 20.4 Å². The number of benzene rings is 1. The van der Waals surface area contributed by atoms with E-state index in [1.54, 1.807) is 25.1 Å². The van der Waals surface area contributed by atoms with Crippen LogP contribution in [0.25, 0.3) is 10.9 Å². The van der Waals surface area contributed by atoms with Gasteiger partial charge < -0.3 is 10.4 Å². The zero-order valence-electron chi connectivity index (χ0n) is 14.4. The van der Waals surface area contributed by atoms with Crippen LogP contribution in [0.2, 0.25) is 0 Å². The minimum atomic E-state index is -0.565. The minimum Gasteiger partial charge on any atom is -0.387 e. The van der Waals surface area contributed by atoms with Crippen LogP contribution in [0.4, 0.5) is 4.39 Å². The summed E-state index contributed by atoms with van der Waals surface area (Å²) in [5, 5.41) is 12.6. The molecule has 0 aliphatic rings. The molecule has 1 amide bonds. The van der Waals surface area contributed by atoms with Gasteiger partial charge in [0.15, 0.2) is 5.78 Å². The summed E-state index contributed by atoms with van der Waals surface area (Å²) in [5.41, 5.74) is 0.510. The molecule has 3 aromatic rings. The lowest BCUT2D eigenvalue weighted by Crippen LogP contribution is -2.25. The first-order chi connectivity index (χ1) is 13.0. The van der Waals surface area contributed by atoms with Crippen molar-refractivity contribution in [3.63, 3.8) is 0 Å². The summed E-state index contributed by atoms with van der Waals surface area (Å²) in [6.07, 6.45) is 0. The molecule has 3 rings (SSSR count). The standard InChI is InChI=1S/C18H16FN3O3S2/c1-10-21-14-6-11(19)2-4-13(14)18(22-10)26-9-15(24)16-5-3-12(27-16)7-20-17(25)8-23/h2-6,23H,7-9H2,1H3,(H,20,25). The predicted octanol–water partition coefficient (Wildman–Crippen LogP) is 2.72. The molecule has 27 heavy (non-hydrogen) atoms. The maximum absolute atomic E-state index is 13.4. The molecule has 9 heteroatoms. The van der Waals surface area contributed by atoms with E-state index in [1.165, 1.54) is 35.2 Å². The molecule has 0 aliphatic heterocycles. The Morgan fingerprint density at radius 3 is 2.85 bits per heavy atom. The first-order valence-electron chi connectivity index (χ1n) is 8.02. The molecule has 0 atom stereocenters. The Morgan fingerprint density at radius 2 is 2.07 bits per heavy atom. The van der Waals surface area contributed by atoms with E-state index < -0.39 is 12.5 Å². The highest BCUT2D eigenvalue weighted by Gasteiger charge is 2.13. The number of fused-ring (bicyclic) bond motifs is 1. The van der Waals surface area contributed by atoms with Crippen molar-refractivity contribution in [2.75, 3.05) is 12.4 Å². The van der Waals surface area contributed by atoms with Crippen molar-refractivity contribution in [1.29, 1.82) is 0 Å². The molecule has 1 aromatic carbocycles. The van der Waals surface area contributed by atoms with Crippen molar-refractivity contribution in [3.8, 4) is 0 Å². The van der Waals surface area contributed by atoms with E-state index in [-0.39, 0.29) is 23.9 Å². The van der Waals surface area contributed by atoms with E-state index in [4.69, 9.17) is 5.11 Å². The van der Waals surface area contributed by atoms with Crippen LogP contribution in [0.15, 0.2) is 35.4 Å². The van der Waals surface area contributed by atoms with Gasteiger partial charge in [-0.15, -0.1) is 11.3 Å². The molecule has 2 aromatic heterocycles. The number of hydrogen-bond donors (Lipinski definition) is 2. The number of aryl methyl sites for hydroxylation is 1. The van der Waals surface area contributed by atoms with Crippen molar-refractivity contribution in [1.82, 2.24) is 15.3 Å². The second-order valence-electron chi connectivity index (χ2n) is 5.65. The van der Waals surface area contributed by atoms with Gasteiger partial charge in [-0.1, -0.05) is 11.8 Å². The van der Waals surface area contributed by atoms with Crippen LogP contribution in [0.5, 0.6) is 0 Å². The van der Waals surface area contributed by atoms with Gasteiger partial charge in [-0.25, -0.2) is 14.4 Å².